The second-order valence-corrected chi connectivity index (χ2v) is 6.63. The molecular weight excluding hydrogens is 318 g/mol. The van der Waals surface area contributed by atoms with Crippen LogP contribution >= 0.6 is 12.2 Å². The summed E-state index contributed by atoms with van der Waals surface area (Å²) in [6.07, 6.45) is 0.696. The Morgan fingerprint density at radius 1 is 1.04 bits per heavy atom. The van der Waals surface area contributed by atoms with Crippen molar-refractivity contribution in [3.05, 3.63) is 65.9 Å². The van der Waals surface area contributed by atoms with Crippen LogP contribution in [0.15, 0.2) is 54.6 Å². The largest absolute Gasteiger partial charge is 0.357 e. The lowest BCUT2D eigenvalue weighted by Gasteiger charge is -2.28. The van der Waals surface area contributed by atoms with Crippen molar-refractivity contribution in [2.24, 2.45) is 0 Å². The number of H-pyrrole nitrogens is 1. The van der Waals surface area contributed by atoms with Crippen LogP contribution in [0.2, 0.25) is 0 Å². The Hall–Kier alpha value is -2.66. The monoisotopic (exact) mass is 333 g/mol. The number of anilines is 1. The zero-order chi connectivity index (χ0) is 16.3. The number of carbonyl (C=O) groups is 1. The van der Waals surface area contributed by atoms with E-state index in [0.29, 0.717) is 18.1 Å². The minimum absolute atomic E-state index is 0.0714. The van der Waals surface area contributed by atoms with E-state index >= 15 is 0 Å². The first-order chi connectivity index (χ1) is 11.7. The molecule has 5 rings (SSSR count). The van der Waals surface area contributed by atoms with Gasteiger partial charge in [-0.05, 0) is 36.0 Å². The molecule has 0 radical (unpaired) electrons. The second-order valence-electron chi connectivity index (χ2n) is 6.27. The number of aromatic amines is 1. The lowest BCUT2D eigenvalue weighted by Crippen LogP contribution is -2.39. The summed E-state index contributed by atoms with van der Waals surface area (Å²) >= 11 is 5.62. The average molecular weight is 333 g/mol. The van der Waals surface area contributed by atoms with Crippen molar-refractivity contribution in [2.45, 2.75) is 19.0 Å². The van der Waals surface area contributed by atoms with E-state index in [9.17, 15) is 4.79 Å². The highest BCUT2D eigenvalue weighted by atomic mass is 32.1. The SMILES string of the molecule is O=C1[C@H]2Cc3c([nH]c4ccccc34)CN2C(=S)N1c1ccccc1. The number of nitrogens with one attached hydrogen (secondary N) is 1. The molecule has 1 aromatic heterocycles. The van der Waals surface area contributed by atoms with Gasteiger partial charge >= 0.3 is 0 Å². The summed E-state index contributed by atoms with van der Waals surface area (Å²) in [7, 11) is 0. The molecule has 5 heteroatoms. The molecule has 2 aromatic carbocycles. The number of rotatable bonds is 1. The number of carbonyl (C=O) groups excluding carboxylic acids is 1. The molecule has 3 heterocycles. The minimum Gasteiger partial charge on any atom is -0.357 e. The molecule has 0 bridgehead atoms. The van der Waals surface area contributed by atoms with Crippen molar-refractivity contribution in [2.75, 3.05) is 4.90 Å². The molecule has 2 aliphatic heterocycles. The third-order valence-corrected chi connectivity index (χ3v) is 5.38. The van der Waals surface area contributed by atoms with E-state index in [1.54, 1.807) is 4.90 Å². The fraction of sp³-hybridized carbons (Fsp3) is 0.158. The number of para-hydroxylation sites is 2. The van der Waals surface area contributed by atoms with Gasteiger partial charge in [0.15, 0.2) is 5.11 Å². The highest BCUT2D eigenvalue weighted by Gasteiger charge is 2.46. The van der Waals surface area contributed by atoms with Crippen LogP contribution in [0.1, 0.15) is 11.3 Å². The number of aromatic nitrogens is 1. The molecular formula is C19H15N3OS. The number of amides is 1. The number of benzene rings is 2. The molecule has 0 saturated carbocycles. The van der Waals surface area contributed by atoms with E-state index in [-0.39, 0.29) is 11.9 Å². The van der Waals surface area contributed by atoms with E-state index in [4.69, 9.17) is 12.2 Å². The van der Waals surface area contributed by atoms with Gasteiger partial charge < -0.3 is 9.88 Å². The summed E-state index contributed by atoms with van der Waals surface area (Å²) in [5.74, 6) is 0.0714. The number of hydrogen-bond acceptors (Lipinski definition) is 2. The molecule has 0 spiro atoms. The predicted molar refractivity (Wildman–Crippen MR) is 97.9 cm³/mol. The first kappa shape index (κ1) is 13.7. The van der Waals surface area contributed by atoms with Crippen LogP contribution in [0.4, 0.5) is 5.69 Å². The molecule has 0 unspecified atom stereocenters. The van der Waals surface area contributed by atoms with Gasteiger partial charge in [0, 0.05) is 23.0 Å². The summed E-state index contributed by atoms with van der Waals surface area (Å²) in [4.78, 5) is 20.2. The van der Waals surface area contributed by atoms with Crippen molar-refractivity contribution in [3.8, 4) is 0 Å². The maximum atomic E-state index is 13.0. The van der Waals surface area contributed by atoms with Crippen LogP contribution in [0.25, 0.3) is 10.9 Å². The van der Waals surface area contributed by atoms with E-state index in [0.717, 1.165) is 16.9 Å². The summed E-state index contributed by atoms with van der Waals surface area (Å²) in [5, 5.41) is 1.81. The smallest absolute Gasteiger partial charge is 0.256 e. The molecule has 1 N–H and O–H groups in total. The van der Waals surface area contributed by atoms with Crippen LogP contribution in [-0.2, 0) is 17.8 Å². The number of fused-ring (bicyclic) bond motifs is 4. The van der Waals surface area contributed by atoms with Gasteiger partial charge in [-0.15, -0.1) is 0 Å². The average Bonchev–Trinajstić information content (AvgIpc) is 3.10. The molecule has 24 heavy (non-hydrogen) atoms. The first-order valence-corrected chi connectivity index (χ1v) is 8.43. The molecule has 0 aliphatic carbocycles. The van der Waals surface area contributed by atoms with Crippen molar-refractivity contribution in [1.82, 2.24) is 9.88 Å². The van der Waals surface area contributed by atoms with Gasteiger partial charge in [-0.2, -0.15) is 0 Å². The lowest BCUT2D eigenvalue weighted by molar-refractivity contribution is -0.119. The van der Waals surface area contributed by atoms with E-state index < -0.39 is 0 Å². The fourth-order valence-corrected chi connectivity index (χ4v) is 4.20. The van der Waals surface area contributed by atoms with Gasteiger partial charge in [0.2, 0.25) is 0 Å². The molecule has 3 aromatic rings. The van der Waals surface area contributed by atoms with Crippen LogP contribution in [0.3, 0.4) is 0 Å². The fourth-order valence-electron chi connectivity index (χ4n) is 3.82. The van der Waals surface area contributed by atoms with Crippen molar-refractivity contribution >= 4 is 39.8 Å². The van der Waals surface area contributed by atoms with Crippen molar-refractivity contribution in [1.29, 1.82) is 0 Å². The Morgan fingerprint density at radius 2 is 1.79 bits per heavy atom. The second kappa shape index (κ2) is 4.92. The normalized spacial score (nSPS) is 19.8. The van der Waals surface area contributed by atoms with Gasteiger partial charge in [0.05, 0.1) is 12.2 Å². The Kier molecular flexibility index (Phi) is 2.82. The van der Waals surface area contributed by atoms with Gasteiger partial charge in [0.25, 0.3) is 5.91 Å². The Morgan fingerprint density at radius 3 is 2.62 bits per heavy atom. The van der Waals surface area contributed by atoms with Crippen LogP contribution in [-0.4, -0.2) is 26.9 Å². The van der Waals surface area contributed by atoms with Gasteiger partial charge in [0.1, 0.15) is 6.04 Å². The summed E-state index contributed by atoms with van der Waals surface area (Å²) in [5.41, 5.74) is 4.38. The first-order valence-electron chi connectivity index (χ1n) is 8.02. The summed E-state index contributed by atoms with van der Waals surface area (Å²) in [6.45, 7) is 0.655. The van der Waals surface area contributed by atoms with Gasteiger partial charge in [-0.25, -0.2) is 0 Å². The Bertz CT molecular complexity index is 979. The lowest BCUT2D eigenvalue weighted by atomic mass is 9.97. The van der Waals surface area contributed by atoms with E-state index in [2.05, 4.69) is 17.1 Å². The molecule has 1 amide bonds. The maximum Gasteiger partial charge on any atom is 0.256 e. The maximum absolute atomic E-state index is 13.0. The highest BCUT2D eigenvalue weighted by Crippen LogP contribution is 2.35. The molecule has 2 aliphatic rings. The summed E-state index contributed by atoms with van der Waals surface area (Å²) < 4.78 is 0. The Labute approximate surface area is 144 Å². The molecule has 1 atom stereocenters. The van der Waals surface area contributed by atoms with Crippen molar-refractivity contribution in [3.63, 3.8) is 0 Å². The third-order valence-electron chi connectivity index (χ3n) is 4.96. The predicted octanol–water partition coefficient (Wildman–Crippen LogP) is 3.23. The molecule has 118 valence electrons. The van der Waals surface area contributed by atoms with Crippen molar-refractivity contribution < 1.29 is 4.79 Å². The third kappa shape index (κ3) is 1.79. The zero-order valence-electron chi connectivity index (χ0n) is 12.9. The van der Waals surface area contributed by atoms with E-state index in [1.165, 1.54) is 10.9 Å². The standard InChI is InChI=1S/C19H15N3OS/c23-18-17-10-14-13-8-4-5-9-15(13)20-16(14)11-21(17)19(24)22(18)12-6-2-1-3-7-12/h1-9,17,20H,10-11H2/t17-/m1/s1. The van der Waals surface area contributed by atoms with Crippen LogP contribution in [0.5, 0.6) is 0 Å². The minimum atomic E-state index is -0.204. The van der Waals surface area contributed by atoms with Crippen LogP contribution < -0.4 is 4.90 Å². The topological polar surface area (TPSA) is 39.3 Å². The summed E-state index contributed by atoms with van der Waals surface area (Å²) in [6, 6.07) is 17.7. The zero-order valence-corrected chi connectivity index (χ0v) is 13.7. The van der Waals surface area contributed by atoms with Crippen LogP contribution in [0, 0.1) is 0 Å². The van der Waals surface area contributed by atoms with E-state index in [1.807, 2.05) is 47.4 Å². The number of hydrogen-bond donors (Lipinski definition) is 1. The number of thiocarbonyl (C=S) groups is 1. The van der Waals surface area contributed by atoms with Gasteiger partial charge in [-0.3, -0.25) is 9.69 Å². The Balaban J connectivity index is 1.58. The van der Waals surface area contributed by atoms with Gasteiger partial charge in [-0.1, -0.05) is 36.4 Å². The molecule has 1 saturated heterocycles. The molecule has 1 fully saturated rings. The quantitative estimate of drug-likeness (QED) is 0.695. The number of nitrogens with zero attached hydrogens (tertiary/aromatic N) is 2. The highest BCUT2D eigenvalue weighted by molar-refractivity contribution is 7.80. The molecule has 4 nitrogen and oxygen atoms in total.